The Morgan fingerprint density at radius 3 is 2.37 bits per heavy atom. The van der Waals surface area contributed by atoms with Gasteiger partial charge < -0.3 is 0 Å². The number of rotatable bonds is 4. The summed E-state index contributed by atoms with van der Waals surface area (Å²) in [6.07, 6.45) is 0.00509. The molecule has 0 radical (unpaired) electrons. The molecule has 0 heterocycles. The van der Waals surface area contributed by atoms with E-state index in [0.29, 0.717) is 5.56 Å². The molecule has 2 aromatic rings. The van der Waals surface area contributed by atoms with Gasteiger partial charge in [-0.2, -0.15) is 0 Å². The van der Waals surface area contributed by atoms with Crippen LogP contribution in [0.4, 0.5) is 10.1 Å². The van der Waals surface area contributed by atoms with Crippen LogP contribution in [-0.4, -0.2) is 10.7 Å². The van der Waals surface area contributed by atoms with Crippen molar-refractivity contribution in [2.24, 2.45) is 0 Å². The maximum absolute atomic E-state index is 12.7. The molecule has 0 saturated heterocycles. The number of Topliss-reactive ketones (excluding diaryl/α,β-unsaturated/α-hetero) is 1. The van der Waals surface area contributed by atoms with Crippen molar-refractivity contribution < 1.29 is 14.1 Å². The normalized spacial score (nSPS) is 10.2. The Morgan fingerprint density at radius 1 is 1.11 bits per heavy atom. The van der Waals surface area contributed by atoms with Gasteiger partial charge in [-0.15, -0.1) is 0 Å². The third-order valence-corrected chi connectivity index (χ3v) is 2.68. The summed E-state index contributed by atoms with van der Waals surface area (Å²) in [5.41, 5.74) is 0.469. The van der Waals surface area contributed by atoms with Crippen molar-refractivity contribution in [1.82, 2.24) is 0 Å². The Hall–Kier alpha value is -2.56. The molecule has 96 valence electrons. The van der Waals surface area contributed by atoms with Gasteiger partial charge in [-0.1, -0.05) is 24.3 Å². The van der Waals surface area contributed by atoms with Crippen molar-refractivity contribution in [3.8, 4) is 0 Å². The van der Waals surface area contributed by atoms with E-state index in [-0.39, 0.29) is 29.3 Å². The highest BCUT2D eigenvalue weighted by molar-refractivity contribution is 6.01. The number of para-hydroxylation sites is 1. The molecular formula is C14H10FNO3. The summed E-state index contributed by atoms with van der Waals surface area (Å²) < 4.78 is 12.7. The summed E-state index contributed by atoms with van der Waals surface area (Å²) in [6, 6.07) is 11.3. The summed E-state index contributed by atoms with van der Waals surface area (Å²) in [5, 5.41) is 10.8. The third-order valence-electron chi connectivity index (χ3n) is 2.68. The first-order valence-corrected chi connectivity index (χ1v) is 5.59. The average Bonchev–Trinajstić information content (AvgIpc) is 2.41. The first-order chi connectivity index (χ1) is 9.08. The van der Waals surface area contributed by atoms with Gasteiger partial charge in [-0.05, 0) is 23.8 Å². The summed E-state index contributed by atoms with van der Waals surface area (Å²) >= 11 is 0. The van der Waals surface area contributed by atoms with E-state index in [4.69, 9.17) is 0 Å². The fourth-order valence-corrected chi connectivity index (χ4v) is 1.75. The Balaban J connectivity index is 2.25. The maximum Gasteiger partial charge on any atom is 0.280 e. The topological polar surface area (TPSA) is 60.2 Å². The molecule has 19 heavy (non-hydrogen) atoms. The second kappa shape index (κ2) is 5.39. The highest BCUT2D eigenvalue weighted by Gasteiger charge is 2.19. The molecule has 5 heteroatoms. The number of halogens is 1. The lowest BCUT2D eigenvalue weighted by atomic mass is 10.0. The molecule has 0 N–H and O–H groups in total. The zero-order valence-electron chi connectivity index (χ0n) is 9.88. The molecule has 0 aromatic heterocycles. The summed E-state index contributed by atoms with van der Waals surface area (Å²) in [5.74, 6) is -0.749. The zero-order chi connectivity index (χ0) is 13.8. The quantitative estimate of drug-likeness (QED) is 0.481. The number of ketones is 1. The van der Waals surface area contributed by atoms with Gasteiger partial charge in [0.05, 0.1) is 10.5 Å². The van der Waals surface area contributed by atoms with Crippen molar-refractivity contribution in [3.63, 3.8) is 0 Å². The van der Waals surface area contributed by atoms with Gasteiger partial charge in [0.25, 0.3) is 5.69 Å². The monoisotopic (exact) mass is 259 g/mol. The van der Waals surface area contributed by atoms with Gasteiger partial charge in [0.15, 0.2) is 5.78 Å². The van der Waals surface area contributed by atoms with Gasteiger partial charge in [0.2, 0.25) is 0 Å². The molecule has 0 saturated carbocycles. The minimum atomic E-state index is -0.585. The van der Waals surface area contributed by atoms with Crippen LogP contribution in [0.1, 0.15) is 15.9 Å². The number of carbonyl (C=O) groups is 1. The molecule has 0 bridgehead atoms. The van der Waals surface area contributed by atoms with E-state index in [2.05, 4.69) is 0 Å². The van der Waals surface area contributed by atoms with Crippen LogP contribution in [0.3, 0.4) is 0 Å². The maximum atomic E-state index is 12.7. The van der Waals surface area contributed by atoms with E-state index in [9.17, 15) is 19.3 Å². The van der Waals surface area contributed by atoms with Crippen LogP contribution in [0.2, 0.25) is 0 Å². The van der Waals surface area contributed by atoms with Gasteiger partial charge in [0, 0.05) is 12.5 Å². The van der Waals surface area contributed by atoms with Crippen LogP contribution < -0.4 is 0 Å². The van der Waals surface area contributed by atoms with Crippen molar-refractivity contribution in [1.29, 1.82) is 0 Å². The van der Waals surface area contributed by atoms with Crippen LogP contribution >= 0.6 is 0 Å². The molecule has 2 aromatic carbocycles. The van der Waals surface area contributed by atoms with Crippen LogP contribution in [0, 0.1) is 15.9 Å². The van der Waals surface area contributed by atoms with E-state index < -0.39 is 4.92 Å². The SMILES string of the molecule is O=C(Cc1ccc(F)cc1)c1ccccc1[N+](=O)[O-]. The van der Waals surface area contributed by atoms with E-state index in [1.54, 1.807) is 6.07 Å². The molecule has 0 fully saturated rings. The molecule has 0 amide bonds. The molecule has 0 atom stereocenters. The van der Waals surface area contributed by atoms with Gasteiger partial charge in [0.1, 0.15) is 5.82 Å². The highest BCUT2D eigenvalue weighted by atomic mass is 19.1. The molecule has 0 unspecified atom stereocenters. The summed E-state index contributed by atoms with van der Waals surface area (Å²) in [6.45, 7) is 0. The second-order valence-electron chi connectivity index (χ2n) is 4.00. The van der Waals surface area contributed by atoms with Crippen LogP contribution in [0.15, 0.2) is 48.5 Å². The van der Waals surface area contributed by atoms with Crippen LogP contribution in [-0.2, 0) is 6.42 Å². The molecule has 2 rings (SSSR count). The number of carbonyl (C=O) groups excluding carboxylic acids is 1. The number of hydrogen-bond donors (Lipinski definition) is 0. The van der Waals surface area contributed by atoms with E-state index in [1.807, 2.05) is 0 Å². The molecular weight excluding hydrogens is 249 g/mol. The van der Waals surface area contributed by atoms with Gasteiger partial charge >= 0.3 is 0 Å². The Labute approximate surface area is 108 Å². The van der Waals surface area contributed by atoms with E-state index >= 15 is 0 Å². The largest absolute Gasteiger partial charge is 0.294 e. The number of benzene rings is 2. The number of hydrogen-bond acceptors (Lipinski definition) is 3. The lowest BCUT2D eigenvalue weighted by Crippen LogP contribution is -2.06. The first kappa shape index (κ1) is 12.9. The Morgan fingerprint density at radius 2 is 1.74 bits per heavy atom. The molecule has 4 nitrogen and oxygen atoms in total. The minimum absolute atomic E-state index is 0.00509. The molecule has 0 aliphatic heterocycles. The predicted molar refractivity (Wildman–Crippen MR) is 67.5 cm³/mol. The Kier molecular flexibility index (Phi) is 3.66. The minimum Gasteiger partial charge on any atom is -0.294 e. The second-order valence-corrected chi connectivity index (χ2v) is 4.00. The van der Waals surface area contributed by atoms with Gasteiger partial charge in [-0.25, -0.2) is 4.39 Å². The summed E-state index contributed by atoms with van der Waals surface area (Å²) in [4.78, 5) is 22.3. The molecule has 0 spiro atoms. The molecule has 0 aliphatic carbocycles. The lowest BCUT2D eigenvalue weighted by Gasteiger charge is -2.02. The van der Waals surface area contributed by atoms with Crippen molar-refractivity contribution in [2.75, 3.05) is 0 Å². The predicted octanol–water partition coefficient (Wildman–Crippen LogP) is 3.16. The Bertz CT molecular complexity index is 623. The smallest absolute Gasteiger partial charge is 0.280 e. The number of nitrogens with zero attached hydrogens (tertiary/aromatic N) is 1. The van der Waals surface area contributed by atoms with E-state index in [0.717, 1.165) is 0 Å². The number of nitro benzene ring substituents is 1. The standard InChI is InChI=1S/C14H10FNO3/c15-11-7-5-10(6-8-11)9-14(17)12-3-1-2-4-13(12)16(18)19/h1-8H,9H2. The van der Waals surface area contributed by atoms with Crippen LogP contribution in [0.25, 0.3) is 0 Å². The third kappa shape index (κ3) is 3.01. The zero-order valence-corrected chi connectivity index (χ0v) is 9.88. The fourth-order valence-electron chi connectivity index (χ4n) is 1.75. The van der Waals surface area contributed by atoms with E-state index in [1.165, 1.54) is 42.5 Å². The van der Waals surface area contributed by atoms with Crippen LogP contribution in [0.5, 0.6) is 0 Å². The van der Waals surface area contributed by atoms with Gasteiger partial charge in [-0.3, -0.25) is 14.9 Å². The summed E-state index contributed by atoms with van der Waals surface area (Å²) in [7, 11) is 0. The lowest BCUT2D eigenvalue weighted by molar-refractivity contribution is -0.385. The van der Waals surface area contributed by atoms with Crippen molar-refractivity contribution in [3.05, 3.63) is 75.6 Å². The molecule has 0 aliphatic rings. The highest BCUT2D eigenvalue weighted by Crippen LogP contribution is 2.19. The van der Waals surface area contributed by atoms with Crippen molar-refractivity contribution >= 4 is 11.5 Å². The number of nitro groups is 1. The fraction of sp³-hybridized carbons (Fsp3) is 0.0714. The average molecular weight is 259 g/mol. The van der Waals surface area contributed by atoms with Crippen molar-refractivity contribution in [2.45, 2.75) is 6.42 Å². The first-order valence-electron chi connectivity index (χ1n) is 5.59.